The van der Waals surface area contributed by atoms with E-state index in [4.69, 9.17) is 4.74 Å². The Labute approximate surface area is 109 Å². The zero-order valence-electron chi connectivity index (χ0n) is 11.2. The molecular weight excluding hydrogens is 230 g/mol. The molecule has 2 unspecified atom stereocenters. The number of hydrogen-bond acceptors (Lipinski definition) is 3. The molecule has 1 aromatic heterocycles. The second-order valence-electron chi connectivity index (χ2n) is 4.58. The summed E-state index contributed by atoms with van der Waals surface area (Å²) in [5.74, 6) is 1.39. The van der Waals surface area contributed by atoms with Gasteiger partial charge in [-0.2, -0.15) is 0 Å². The van der Waals surface area contributed by atoms with Crippen LogP contribution < -0.4 is 5.32 Å². The first-order valence-corrected chi connectivity index (χ1v) is 7.40. The highest BCUT2D eigenvalue weighted by molar-refractivity contribution is 7.10. The SMILES string of the molecule is CCCC(C)C(CNCCOC)c1cccs1. The molecule has 0 aliphatic rings. The first kappa shape index (κ1) is 14.7. The highest BCUT2D eigenvalue weighted by atomic mass is 32.1. The van der Waals surface area contributed by atoms with Crippen molar-refractivity contribution >= 4 is 11.3 Å². The molecule has 0 amide bonds. The van der Waals surface area contributed by atoms with Crippen molar-refractivity contribution in [2.75, 3.05) is 26.8 Å². The number of thiophene rings is 1. The van der Waals surface area contributed by atoms with E-state index >= 15 is 0 Å². The van der Waals surface area contributed by atoms with Crippen LogP contribution in [-0.4, -0.2) is 26.8 Å². The maximum Gasteiger partial charge on any atom is 0.0587 e. The maximum atomic E-state index is 5.06. The summed E-state index contributed by atoms with van der Waals surface area (Å²) in [6.07, 6.45) is 2.57. The molecule has 3 heteroatoms. The van der Waals surface area contributed by atoms with Gasteiger partial charge in [0.05, 0.1) is 6.61 Å². The van der Waals surface area contributed by atoms with Crippen LogP contribution in [0.15, 0.2) is 17.5 Å². The molecule has 0 saturated carbocycles. The predicted octanol–water partition coefficient (Wildman–Crippen LogP) is 3.50. The summed E-state index contributed by atoms with van der Waals surface area (Å²) >= 11 is 1.88. The minimum absolute atomic E-state index is 0.645. The largest absolute Gasteiger partial charge is 0.383 e. The highest BCUT2D eigenvalue weighted by Crippen LogP contribution is 2.30. The minimum atomic E-state index is 0.645. The van der Waals surface area contributed by atoms with Crippen molar-refractivity contribution in [3.63, 3.8) is 0 Å². The first-order chi connectivity index (χ1) is 8.29. The number of methoxy groups -OCH3 is 1. The van der Waals surface area contributed by atoms with E-state index in [9.17, 15) is 0 Å². The second-order valence-corrected chi connectivity index (χ2v) is 5.56. The van der Waals surface area contributed by atoms with E-state index in [0.29, 0.717) is 5.92 Å². The van der Waals surface area contributed by atoms with E-state index in [1.807, 2.05) is 11.3 Å². The van der Waals surface area contributed by atoms with Gasteiger partial charge in [-0.15, -0.1) is 11.3 Å². The number of rotatable bonds is 9. The molecule has 2 atom stereocenters. The molecule has 0 spiro atoms. The van der Waals surface area contributed by atoms with Crippen LogP contribution in [0.2, 0.25) is 0 Å². The van der Waals surface area contributed by atoms with Crippen molar-refractivity contribution in [1.82, 2.24) is 5.32 Å². The Balaban J connectivity index is 2.48. The summed E-state index contributed by atoms with van der Waals surface area (Å²) in [7, 11) is 1.75. The van der Waals surface area contributed by atoms with Crippen molar-refractivity contribution < 1.29 is 4.74 Å². The van der Waals surface area contributed by atoms with Gasteiger partial charge >= 0.3 is 0 Å². The number of nitrogens with one attached hydrogen (secondary N) is 1. The summed E-state index contributed by atoms with van der Waals surface area (Å²) in [6.45, 7) is 7.42. The van der Waals surface area contributed by atoms with Gasteiger partial charge in [0, 0.05) is 31.0 Å². The molecule has 0 radical (unpaired) electrons. The van der Waals surface area contributed by atoms with Gasteiger partial charge in [-0.05, 0) is 17.4 Å². The Bertz CT molecular complexity index is 274. The van der Waals surface area contributed by atoms with Gasteiger partial charge in [-0.25, -0.2) is 0 Å². The average Bonchev–Trinajstić information content (AvgIpc) is 2.83. The Morgan fingerprint density at radius 3 is 2.88 bits per heavy atom. The Kier molecular flexibility index (Phi) is 7.49. The molecule has 2 nitrogen and oxygen atoms in total. The molecule has 0 saturated heterocycles. The molecule has 0 bridgehead atoms. The third-order valence-corrected chi connectivity index (χ3v) is 4.19. The average molecular weight is 255 g/mol. The van der Waals surface area contributed by atoms with E-state index in [2.05, 4.69) is 36.7 Å². The van der Waals surface area contributed by atoms with Crippen molar-refractivity contribution in [3.05, 3.63) is 22.4 Å². The topological polar surface area (TPSA) is 21.3 Å². The van der Waals surface area contributed by atoms with E-state index in [0.717, 1.165) is 25.6 Å². The fraction of sp³-hybridized carbons (Fsp3) is 0.714. The summed E-state index contributed by atoms with van der Waals surface area (Å²) in [5.41, 5.74) is 0. The number of ether oxygens (including phenoxy) is 1. The lowest BCUT2D eigenvalue weighted by atomic mass is 9.89. The zero-order chi connectivity index (χ0) is 12.5. The highest BCUT2D eigenvalue weighted by Gasteiger charge is 2.19. The fourth-order valence-corrected chi connectivity index (χ4v) is 3.13. The van der Waals surface area contributed by atoms with Gasteiger partial charge in [0.25, 0.3) is 0 Å². The normalized spacial score (nSPS) is 14.8. The lowest BCUT2D eigenvalue weighted by Crippen LogP contribution is -2.27. The quantitative estimate of drug-likeness (QED) is 0.682. The van der Waals surface area contributed by atoms with Gasteiger partial charge in [-0.1, -0.05) is 32.8 Å². The summed E-state index contributed by atoms with van der Waals surface area (Å²) in [4.78, 5) is 1.51. The van der Waals surface area contributed by atoms with Crippen molar-refractivity contribution in [1.29, 1.82) is 0 Å². The van der Waals surface area contributed by atoms with Gasteiger partial charge < -0.3 is 10.1 Å². The molecular formula is C14H25NOS. The van der Waals surface area contributed by atoms with Crippen LogP contribution >= 0.6 is 11.3 Å². The fourth-order valence-electron chi connectivity index (χ4n) is 2.17. The molecule has 0 aliphatic carbocycles. The summed E-state index contributed by atoms with van der Waals surface area (Å²) in [5, 5.41) is 5.67. The second kappa shape index (κ2) is 8.67. The maximum absolute atomic E-state index is 5.06. The van der Waals surface area contributed by atoms with E-state index in [1.165, 1.54) is 17.7 Å². The molecule has 98 valence electrons. The molecule has 0 aromatic carbocycles. The van der Waals surface area contributed by atoms with Crippen molar-refractivity contribution in [2.45, 2.75) is 32.6 Å². The molecule has 1 aromatic rings. The molecule has 1 rings (SSSR count). The monoisotopic (exact) mass is 255 g/mol. The molecule has 17 heavy (non-hydrogen) atoms. The number of hydrogen-bond donors (Lipinski definition) is 1. The van der Waals surface area contributed by atoms with Crippen LogP contribution in [0.5, 0.6) is 0 Å². The molecule has 1 heterocycles. The van der Waals surface area contributed by atoms with Crippen LogP contribution in [-0.2, 0) is 4.74 Å². The predicted molar refractivity (Wildman–Crippen MR) is 75.9 cm³/mol. The van der Waals surface area contributed by atoms with E-state index < -0.39 is 0 Å². The van der Waals surface area contributed by atoms with Gasteiger partial charge in [-0.3, -0.25) is 0 Å². The lowest BCUT2D eigenvalue weighted by Gasteiger charge is -2.23. The molecule has 0 aliphatic heterocycles. The van der Waals surface area contributed by atoms with Gasteiger partial charge in [0.2, 0.25) is 0 Å². The van der Waals surface area contributed by atoms with E-state index in [1.54, 1.807) is 7.11 Å². The minimum Gasteiger partial charge on any atom is -0.383 e. The summed E-state index contributed by atoms with van der Waals surface area (Å²) < 4.78 is 5.06. The molecule has 0 fully saturated rings. The third-order valence-electron chi connectivity index (χ3n) is 3.19. The Morgan fingerprint density at radius 2 is 2.29 bits per heavy atom. The van der Waals surface area contributed by atoms with Crippen LogP contribution in [0, 0.1) is 5.92 Å². The Morgan fingerprint density at radius 1 is 1.47 bits per heavy atom. The van der Waals surface area contributed by atoms with Crippen molar-refractivity contribution in [3.8, 4) is 0 Å². The lowest BCUT2D eigenvalue weighted by molar-refractivity contribution is 0.198. The standard InChI is InChI=1S/C14H25NOS/c1-4-6-12(2)13(11-15-8-9-16-3)14-7-5-10-17-14/h5,7,10,12-13,15H,4,6,8-9,11H2,1-3H3. The van der Waals surface area contributed by atoms with Gasteiger partial charge in [0.1, 0.15) is 0 Å². The smallest absolute Gasteiger partial charge is 0.0587 e. The summed E-state index contributed by atoms with van der Waals surface area (Å²) in [6, 6.07) is 4.42. The zero-order valence-corrected chi connectivity index (χ0v) is 12.1. The van der Waals surface area contributed by atoms with Crippen LogP contribution in [0.25, 0.3) is 0 Å². The van der Waals surface area contributed by atoms with Gasteiger partial charge in [0.15, 0.2) is 0 Å². The third kappa shape index (κ3) is 5.19. The Hall–Kier alpha value is -0.380. The van der Waals surface area contributed by atoms with Crippen LogP contribution in [0.3, 0.4) is 0 Å². The molecule has 1 N–H and O–H groups in total. The van der Waals surface area contributed by atoms with Crippen molar-refractivity contribution in [2.24, 2.45) is 5.92 Å². The first-order valence-electron chi connectivity index (χ1n) is 6.52. The van der Waals surface area contributed by atoms with E-state index in [-0.39, 0.29) is 0 Å². The van der Waals surface area contributed by atoms with Crippen LogP contribution in [0.1, 0.15) is 37.5 Å². The van der Waals surface area contributed by atoms with Crippen LogP contribution in [0.4, 0.5) is 0 Å².